The van der Waals surface area contributed by atoms with Gasteiger partial charge in [0.1, 0.15) is 0 Å². The van der Waals surface area contributed by atoms with Gasteiger partial charge in [0.15, 0.2) is 0 Å². The smallest absolute Gasteiger partial charge is 0 e. The van der Waals surface area contributed by atoms with E-state index in [0.717, 1.165) is 0 Å². The first-order valence-corrected chi connectivity index (χ1v) is 0. The van der Waals surface area contributed by atoms with E-state index in [9.17, 15) is 0 Å². The molecule has 0 aliphatic rings. The van der Waals surface area contributed by atoms with Gasteiger partial charge in [0.25, 0.3) is 0 Å². The zero-order valence-corrected chi connectivity index (χ0v) is 10.2. The molecule has 0 spiro atoms. The van der Waals surface area contributed by atoms with E-state index in [4.69, 9.17) is 0 Å². The quantitative estimate of drug-likeness (QED) is 0.503. The molecule has 0 aromatic carbocycles. The zero-order chi connectivity index (χ0) is 0. The van der Waals surface area contributed by atoms with Crippen LogP contribution in [0.5, 0.6) is 0 Å². The molecule has 0 bridgehead atoms. The number of hydrogen-bond donors (Lipinski definition) is 0. The average molecular weight is 262 g/mol. The van der Waals surface area contributed by atoms with E-state index in [1.807, 2.05) is 0 Å². The van der Waals surface area contributed by atoms with Gasteiger partial charge in [0.05, 0.1) is 0 Å². The molecule has 0 heterocycles. The van der Waals surface area contributed by atoms with Gasteiger partial charge in [-0.25, -0.2) is 0 Å². The minimum Gasteiger partial charge on any atom is 0 e. The molecule has 17 valence electrons. The van der Waals surface area contributed by atoms with Gasteiger partial charge in [0, 0.05) is 99.7 Å². The van der Waals surface area contributed by atoms with Crippen LogP contribution < -0.4 is 0 Å². The second-order valence-corrected chi connectivity index (χ2v) is 0. The normalized spacial score (nSPS) is 0. The second-order valence-electron chi connectivity index (χ2n) is 0. The van der Waals surface area contributed by atoms with Crippen LogP contribution >= 0.6 is 0 Å². The number of hydrogen-bond acceptors (Lipinski definition) is 0. The van der Waals surface area contributed by atoms with Crippen LogP contribution in [0.25, 0.3) is 0 Å². The van der Waals surface area contributed by atoms with Crippen LogP contribution in [0.1, 0.15) is 0 Å². The Kier molecular flexibility index (Phi) is 113. The zero-order valence-electron chi connectivity index (χ0n) is 2.09. The molecule has 0 fully saturated rings. The molecule has 0 aromatic rings. The third-order valence-electron chi connectivity index (χ3n) is 0. The Hall–Kier alpha value is 3.10. The minimum absolute atomic E-state index is 0. The van der Waals surface area contributed by atoms with Crippen molar-refractivity contribution in [3.05, 3.63) is 0 Å². The van der Waals surface area contributed by atoms with Gasteiger partial charge in [-0.15, -0.1) is 0 Å². The maximum atomic E-state index is 0. The first-order chi connectivity index (χ1) is 0. The summed E-state index contributed by atoms with van der Waals surface area (Å²) in [6.07, 6.45) is 0. The largest absolute Gasteiger partial charge is 0 e. The predicted molar refractivity (Wildman–Crippen MR) is 11.5 cm³/mol. The van der Waals surface area contributed by atoms with Gasteiger partial charge >= 0.3 is 0 Å². The van der Waals surface area contributed by atoms with Crippen LogP contribution in [0.4, 0.5) is 0 Å². The van der Waals surface area contributed by atoms with E-state index in [1.165, 1.54) is 0 Å². The number of rotatable bonds is 0. The fraction of sp³-hybridized carbons (Fsp3) is 0. The Labute approximate surface area is 97.4 Å². The van der Waals surface area contributed by atoms with Crippen molar-refractivity contribution in [3.63, 3.8) is 0 Å². The SMILES string of the molecule is [Mn].[Si].[Sr].[Zr]. The topological polar surface area (TPSA) is 0 Å². The van der Waals surface area contributed by atoms with Crippen molar-refractivity contribution in [1.29, 1.82) is 0 Å². The van der Waals surface area contributed by atoms with E-state index in [0.29, 0.717) is 0 Å². The van der Waals surface area contributed by atoms with Gasteiger partial charge in [-0.05, 0) is 0 Å². The molecule has 0 rings (SSSR count). The van der Waals surface area contributed by atoms with Crippen LogP contribution in [-0.4, -0.2) is 56.4 Å². The summed E-state index contributed by atoms with van der Waals surface area (Å²) in [6.45, 7) is 0. The molecule has 0 N–H and O–H groups in total. The molecular weight excluding hydrogens is 262 g/mol. The van der Waals surface area contributed by atoms with Gasteiger partial charge in [0.2, 0.25) is 0 Å². The summed E-state index contributed by atoms with van der Waals surface area (Å²) in [5, 5.41) is 0. The first kappa shape index (κ1) is 27.5. The molecule has 0 amide bonds. The fourth-order valence-corrected chi connectivity index (χ4v) is 0. The Morgan fingerprint density at radius 2 is 1.00 bits per heavy atom. The Morgan fingerprint density at radius 1 is 1.00 bits per heavy atom. The molecule has 0 aliphatic heterocycles. The second kappa shape index (κ2) is 16.5. The predicted octanol–water partition coefficient (Wildman–Crippen LogP) is -0.767. The third kappa shape index (κ3) is 8.92. The minimum atomic E-state index is 0. The van der Waals surface area contributed by atoms with E-state index in [1.54, 1.807) is 0 Å². The summed E-state index contributed by atoms with van der Waals surface area (Å²) in [6, 6.07) is 0. The molecular formula is MnSiSrZr. The van der Waals surface area contributed by atoms with E-state index >= 15 is 0 Å². The van der Waals surface area contributed by atoms with Crippen molar-refractivity contribution in [3.8, 4) is 0 Å². The van der Waals surface area contributed by atoms with Gasteiger partial charge < -0.3 is 0 Å². The summed E-state index contributed by atoms with van der Waals surface area (Å²) in [4.78, 5) is 0. The standard InChI is InChI=1S/Mn.Si.Sr.Zr. The van der Waals surface area contributed by atoms with Crippen molar-refractivity contribution < 1.29 is 43.3 Å². The molecule has 0 aromatic heterocycles. The van der Waals surface area contributed by atoms with Crippen LogP contribution in [-0.2, 0) is 43.3 Å². The van der Waals surface area contributed by atoms with Crippen LogP contribution in [0.15, 0.2) is 0 Å². The monoisotopic (exact) mass is 261 g/mol. The van der Waals surface area contributed by atoms with E-state index < -0.39 is 0 Å². The van der Waals surface area contributed by atoms with Crippen molar-refractivity contribution in [1.82, 2.24) is 0 Å². The van der Waals surface area contributed by atoms with Crippen LogP contribution in [0, 0.1) is 0 Å². The third-order valence-corrected chi connectivity index (χ3v) is 0. The molecule has 4 heavy (non-hydrogen) atoms. The van der Waals surface area contributed by atoms with Crippen molar-refractivity contribution in [2.24, 2.45) is 0 Å². The van der Waals surface area contributed by atoms with E-state index in [-0.39, 0.29) is 99.7 Å². The van der Waals surface area contributed by atoms with Crippen molar-refractivity contribution >= 4 is 56.4 Å². The van der Waals surface area contributed by atoms with Gasteiger partial charge in [-0.1, -0.05) is 0 Å². The van der Waals surface area contributed by atoms with Crippen molar-refractivity contribution in [2.45, 2.75) is 0 Å². The van der Waals surface area contributed by atoms with Crippen LogP contribution in [0.2, 0.25) is 0 Å². The molecule has 0 aliphatic carbocycles. The maximum absolute atomic E-state index is 0. The summed E-state index contributed by atoms with van der Waals surface area (Å²) < 4.78 is 0. The summed E-state index contributed by atoms with van der Waals surface area (Å²) in [5.41, 5.74) is 0. The van der Waals surface area contributed by atoms with Crippen molar-refractivity contribution in [2.75, 3.05) is 0 Å². The molecule has 0 unspecified atom stereocenters. The summed E-state index contributed by atoms with van der Waals surface area (Å²) in [7, 11) is 0. The molecule has 7 radical (unpaired) electrons. The van der Waals surface area contributed by atoms with Gasteiger partial charge in [-0.2, -0.15) is 0 Å². The molecule has 0 atom stereocenters. The summed E-state index contributed by atoms with van der Waals surface area (Å²) >= 11 is 0. The molecule has 0 saturated carbocycles. The molecule has 0 saturated heterocycles. The van der Waals surface area contributed by atoms with Crippen LogP contribution in [0.3, 0.4) is 0 Å². The average Bonchev–Trinajstić information content (AvgIpc) is 0. The Balaban J connectivity index is 0. The Bertz CT molecular complexity index is 8.00. The first-order valence-electron chi connectivity index (χ1n) is 0. The van der Waals surface area contributed by atoms with E-state index in [2.05, 4.69) is 0 Å². The Morgan fingerprint density at radius 3 is 1.00 bits per heavy atom. The summed E-state index contributed by atoms with van der Waals surface area (Å²) in [5.74, 6) is 0. The fourth-order valence-electron chi connectivity index (χ4n) is 0. The molecule has 0 nitrogen and oxygen atoms in total. The van der Waals surface area contributed by atoms with Gasteiger partial charge in [-0.3, -0.25) is 0 Å². The maximum Gasteiger partial charge on any atom is 0 e. The molecule has 4 heteroatoms.